The average Bonchev–Trinajstić information content (AvgIpc) is 3.24. The normalized spacial score (nSPS) is 28.7. The fourth-order valence-electron chi connectivity index (χ4n) is 4.98. The third-order valence-electron chi connectivity index (χ3n) is 6.42. The standard InChI is InChI=1S/C19H24F2N2O3S/c20-16-3-4-18(17(21)12-16)27(25,26)23-7-5-22(6-8-23)19(24)11-15-10-13-1-2-14(15)9-13/h3-4,12-15H,1-2,5-11H2/t13-,14+,15-/m0/s1. The second-order valence-electron chi connectivity index (χ2n) is 8.00. The second-order valence-corrected chi connectivity index (χ2v) is 9.91. The SMILES string of the molecule is O=C(C[C@@H]1C[C@H]2CC[C@@H]1C2)N1CCN(S(=O)(=O)c2ccc(F)cc2F)CC1. The van der Waals surface area contributed by atoms with E-state index in [4.69, 9.17) is 0 Å². The second kappa shape index (κ2) is 7.13. The van der Waals surface area contributed by atoms with Crippen molar-refractivity contribution in [1.82, 2.24) is 9.21 Å². The van der Waals surface area contributed by atoms with Crippen LogP contribution >= 0.6 is 0 Å². The van der Waals surface area contributed by atoms with E-state index < -0.39 is 26.6 Å². The number of rotatable bonds is 4. The fraction of sp³-hybridized carbons (Fsp3) is 0.632. The first-order valence-corrected chi connectivity index (χ1v) is 11.0. The molecule has 27 heavy (non-hydrogen) atoms. The van der Waals surface area contributed by atoms with Gasteiger partial charge in [0.05, 0.1) is 0 Å². The van der Waals surface area contributed by atoms with Gasteiger partial charge < -0.3 is 4.90 Å². The number of carbonyl (C=O) groups excluding carboxylic acids is 1. The molecule has 0 spiro atoms. The maximum atomic E-state index is 13.9. The molecule has 3 aliphatic rings. The third-order valence-corrected chi connectivity index (χ3v) is 8.36. The van der Waals surface area contributed by atoms with Crippen molar-refractivity contribution in [3.05, 3.63) is 29.8 Å². The van der Waals surface area contributed by atoms with Gasteiger partial charge in [0.25, 0.3) is 0 Å². The number of sulfonamides is 1. The zero-order valence-electron chi connectivity index (χ0n) is 15.1. The third kappa shape index (κ3) is 3.61. The molecule has 3 atom stereocenters. The number of carbonyl (C=O) groups is 1. The molecule has 5 nitrogen and oxygen atoms in total. The molecule has 0 radical (unpaired) electrons. The summed E-state index contributed by atoms with van der Waals surface area (Å²) >= 11 is 0. The molecule has 2 saturated carbocycles. The van der Waals surface area contributed by atoms with Crippen LogP contribution in [-0.2, 0) is 14.8 Å². The Kier molecular flexibility index (Phi) is 4.96. The Hall–Kier alpha value is -1.54. The van der Waals surface area contributed by atoms with Gasteiger partial charge in [0.2, 0.25) is 15.9 Å². The number of fused-ring (bicyclic) bond motifs is 2. The smallest absolute Gasteiger partial charge is 0.246 e. The Morgan fingerprint density at radius 2 is 1.81 bits per heavy atom. The minimum absolute atomic E-state index is 0.0950. The van der Waals surface area contributed by atoms with Crippen molar-refractivity contribution in [1.29, 1.82) is 0 Å². The predicted molar refractivity (Wildman–Crippen MR) is 95.3 cm³/mol. The minimum atomic E-state index is -4.03. The van der Waals surface area contributed by atoms with Gasteiger partial charge in [-0.1, -0.05) is 6.42 Å². The van der Waals surface area contributed by atoms with E-state index in [1.807, 2.05) is 0 Å². The lowest BCUT2D eigenvalue weighted by atomic mass is 9.86. The number of hydrogen-bond acceptors (Lipinski definition) is 3. The van der Waals surface area contributed by atoms with Crippen LogP contribution in [0.15, 0.2) is 23.1 Å². The van der Waals surface area contributed by atoms with E-state index in [1.54, 1.807) is 4.90 Å². The van der Waals surface area contributed by atoms with E-state index >= 15 is 0 Å². The van der Waals surface area contributed by atoms with Crippen LogP contribution in [0.3, 0.4) is 0 Å². The Morgan fingerprint density at radius 1 is 1.07 bits per heavy atom. The van der Waals surface area contributed by atoms with Crippen molar-refractivity contribution < 1.29 is 22.0 Å². The predicted octanol–water partition coefficient (Wildman–Crippen LogP) is 2.62. The Balaban J connectivity index is 1.36. The first-order valence-electron chi connectivity index (χ1n) is 9.57. The van der Waals surface area contributed by atoms with Crippen molar-refractivity contribution >= 4 is 15.9 Å². The van der Waals surface area contributed by atoms with Crippen molar-refractivity contribution in [2.75, 3.05) is 26.2 Å². The number of benzene rings is 1. The summed E-state index contributed by atoms with van der Waals surface area (Å²) in [5.41, 5.74) is 0. The largest absolute Gasteiger partial charge is 0.340 e. The van der Waals surface area contributed by atoms with Gasteiger partial charge in [0.1, 0.15) is 16.5 Å². The summed E-state index contributed by atoms with van der Waals surface area (Å²) in [6.07, 6.45) is 5.49. The minimum Gasteiger partial charge on any atom is -0.340 e. The Morgan fingerprint density at radius 3 is 2.41 bits per heavy atom. The highest BCUT2D eigenvalue weighted by atomic mass is 32.2. The summed E-state index contributed by atoms with van der Waals surface area (Å²) in [4.78, 5) is 13.8. The van der Waals surface area contributed by atoms with E-state index in [0.717, 1.165) is 24.5 Å². The van der Waals surface area contributed by atoms with Gasteiger partial charge in [-0.15, -0.1) is 0 Å². The Bertz CT molecular complexity index is 837. The number of nitrogens with zero attached hydrogens (tertiary/aromatic N) is 2. The van der Waals surface area contributed by atoms with E-state index in [-0.39, 0.29) is 19.0 Å². The summed E-state index contributed by atoms with van der Waals surface area (Å²) in [5.74, 6) is 0.138. The topological polar surface area (TPSA) is 57.7 Å². The first-order chi connectivity index (χ1) is 12.8. The number of hydrogen-bond donors (Lipinski definition) is 0. The van der Waals surface area contributed by atoms with E-state index in [2.05, 4.69) is 0 Å². The van der Waals surface area contributed by atoms with Crippen LogP contribution in [0.5, 0.6) is 0 Å². The quantitative estimate of drug-likeness (QED) is 0.784. The molecule has 1 saturated heterocycles. The van der Waals surface area contributed by atoms with Crippen LogP contribution < -0.4 is 0 Å². The van der Waals surface area contributed by atoms with Gasteiger partial charge in [-0.2, -0.15) is 4.31 Å². The van der Waals surface area contributed by atoms with Gasteiger partial charge in [-0.05, 0) is 49.1 Å². The van der Waals surface area contributed by atoms with Crippen molar-refractivity contribution in [2.45, 2.75) is 37.0 Å². The van der Waals surface area contributed by atoms with Gasteiger partial charge in [0, 0.05) is 38.7 Å². The fourth-order valence-corrected chi connectivity index (χ4v) is 6.45. The lowest BCUT2D eigenvalue weighted by Gasteiger charge is -2.35. The maximum Gasteiger partial charge on any atom is 0.246 e. The van der Waals surface area contributed by atoms with Crippen LogP contribution in [0.4, 0.5) is 8.78 Å². The van der Waals surface area contributed by atoms with Crippen LogP contribution in [0.2, 0.25) is 0 Å². The molecule has 4 rings (SSSR count). The summed E-state index contributed by atoms with van der Waals surface area (Å²) < 4.78 is 53.4. The monoisotopic (exact) mass is 398 g/mol. The van der Waals surface area contributed by atoms with Gasteiger partial charge in [0.15, 0.2) is 0 Å². The van der Waals surface area contributed by atoms with Crippen LogP contribution in [0.1, 0.15) is 32.1 Å². The molecular weight excluding hydrogens is 374 g/mol. The van der Waals surface area contributed by atoms with Crippen molar-refractivity contribution in [3.63, 3.8) is 0 Å². The summed E-state index contributed by atoms with van der Waals surface area (Å²) in [6, 6.07) is 2.46. The molecule has 0 aromatic heterocycles. The molecular formula is C19H24F2N2O3S. The van der Waals surface area contributed by atoms with Crippen LogP contribution in [-0.4, -0.2) is 49.7 Å². The molecule has 2 aliphatic carbocycles. The van der Waals surface area contributed by atoms with Crippen LogP contribution in [0.25, 0.3) is 0 Å². The van der Waals surface area contributed by atoms with Gasteiger partial charge in [-0.25, -0.2) is 17.2 Å². The first kappa shape index (κ1) is 18.8. The highest BCUT2D eigenvalue weighted by molar-refractivity contribution is 7.89. The summed E-state index contributed by atoms with van der Waals surface area (Å²) in [5, 5.41) is 0. The molecule has 148 valence electrons. The molecule has 1 aromatic carbocycles. The van der Waals surface area contributed by atoms with Crippen molar-refractivity contribution in [2.24, 2.45) is 17.8 Å². The summed E-state index contributed by atoms with van der Waals surface area (Å²) in [6.45, 7) is 0.868. The van der Waals surface area contributed by atoms with Crippen molar-refractivity contribution in [3.8, 4) is 0 Å². The average molecular weight is 398 g/mol. The Labute approximate surface area is 158 Å². The molecule has 1 aromatic rings. The lowest BCUT2D eigenvalue weighted by Crippen LogP contribution is -2.51. The van der Waals surface area contributed by atoms with E-state index in [9.17, 15) is 22.0 Å². The van der Waals surface area contributed by atoms with Crippen LogP contribution in [0, 0.1) is 29.4 Å². The molecule has 1 heterocycles. The highest BCUT2D eigenvalue weighted by Crippen LogP contribution is 2.49. The van der Waals surface area contributed by atoms with Gasteiger partial charge in [-0.3, -0.25) is 4.79 Å². The highest BCUT2D eigenvalue weighted by Gasteiger charge is 2.41. The number of piperazine rings is 1. The molecule has 3 fully saturated rings. The summed E-state index contributed by atoms with van der Waals surface area (Å²) in [7, 11) is -4.03. The number of halogens is 2. The molecule has 8 heteroatoms. The van der Waals surface area contributed by atoms with E-state index in [1.165, 1.54) is 23.6 Å². The van der Waals surface area contributed by atoms with E-state index in [0.29, 0.717) is 37.4 Å². The zero-order chi connectivity index (χ0) is 19.2. The van der Waals surface area contributed by atoms with Gasteiger partial charge >= 0.3 is 0 Å². The zero-order valence-corrected chi connectivity index (χ0v) is 15.9. The number of amides is 1. The molecule has 2 bridgehead atoms. The maximum absolute atomic E-state index is 13.9. The lowest BCUT2D eigenvalue weighted by molar-refractivity contribution is -0.133. The molecule has 0 N–H and O–H groups in total. The molecule has 0 unspecified atom stereocenters. The molecule has 1 aliphatic heterocycles. The molecule has 1 amide bonds.